The van der Waals surface area contributed by atoms with Crippen LogP contribution in [0.4, 0.5) is 5.69 Å². The fourth-order valence-corrected chi connectivity index (χ4v) is 2.02. The number of carbonyl (C=O) groups excluding carboxylic acids is 2. The van der Waals surface area contributed by atoms with Gasteiger partial charge in [-0.2, -0.15) is 12.6 Å². The van der Waals surface area contributed by atoms with Crippen molar-refractivity contribution in [2.75, 3.05) is 11.1 Å². The van der Waals surface area contributed by atoms with Crippen molar-refractivity contribution in [3.05, 3.63) is 28.2 Å². The van der Waals surface area contributed by atoms with E-state index in [2.05, 4.69) is 39.2 Å². The van der Waals surface area contributed by atoms with E-state index in [-0.39, 0.29) is 17.6 Å². The molecule has 0 heterocycles. The molecular weight excluding hydrogens is 316 g/mol. The lowest BCUT2D eigenvalue weighted by molar-refractivity contribution is -0.124. The highest BCUT2D eigenvalue weighted by Crippen LogP contribution is 2.25. The number of carbonyl (C=O) groups is 2. The molecule has 4 nitrogen and oxygen atoms in total. The van der Waals surface area contributed by atoms with Crippen LogP contribution in [0.3, 0.4) is 0 Å². The van der Waals surface area contributed by atoms with E-state index in [1.54, 1.807) is 6.07 Å². The van der Waals surface area contributed by atoms with Gasteiger partial charge in [-0.15, -0.1) is 0 Å². The Morgan fingerprint density at radius 2 is 2.11 bits per heavy atom. The predicted octanol–water partition coefficient (Wildman–Crippen LogP) is 2.13. The van der Waals surface area contributed by atoms with Crippen LogP contribution >= 0.6 is 28.6 Å². The number of hydrogen-bond acceptors (Lipinski definition) is 3. The van der Waals surface area contributed by atoms with Crippen LogP contribution < -0.4 is 10.6 Å². The maximum Gasteiger partial charge on any atom is 0.247 e. The van der Waals surface area contributed by atoms with Crippen LogP contribution in [0.15, 0.2) is 22.7 Å². The van der Waals surface area contributed by atoms with Crippen LogP contribution in [0, 0.1) is 6.92 Å². The zero-order valence-corrected chi connectivity index (χ0v) is 12.6. The monoisotopic (exact) mass is 330 g/mol. The Morgan fingerprint density at radius 1 is 1.44 bits per heavy atom. The third-order valence-corrected chi connectivity index (χ3v) is 3.74. The Labute approximate surface area is 120 Å². The Hall–Kier alpha value is -1.01. The van der Waals surface area contributed by atoms with Crippen LogP contribution in [0.25, 0.3) is 0 Å². The summed E-state index contributed by atoms with van der Waals surface area (Å²) in [7, 11) is 0. The Morgan fingerprint density at radius 3 is 2.67 bits per heavy atom. The van der Waals surface area contributed by atoms with Gasteiger partial charge in [-0.05, 0) is 34.5 Å². The van der Waals surface area contributed by atoms with Gasteiger partial charge in [0.2, 0.25) is 11.8 Å². The molecule has 0 spiro atoms. The lowest BCUT2D eigenvalue weighted by Gasteiger charge is -2.16. The molecule has 1 atom stereocenters. The number of thiol groups is 1. The molecule has 0 fully saturated rings. The van der Waals surface area contributed by atoms with Crippen molar-refractivity contribution in [3.63, 3.8) is 0 Å². The summed E-state index contributed by atoms with van der Waals surface area (Å²) in [5, 5.41) is 5.30. The highest BCUT2D eigenvalue weighted by molar-refractivity contribution is 9.10. The minimum absolute atomic E-state index is 0.245. The molecule has 0 saturated carbocycles. The highest BCUT2D eigenvalue weighted by Gasteiger charge is 2.18. The minimum atomic E-state index is -0.641. The van der Waals surface area contributed by atoms with E-state index in [9.17, 15) is 9.59 Å². The van der Waals surface area contributed by atoms with Gasteiger partial charge in [0.15, 0.2) is 0 Å². The number of anilines is 1. The van der Waals surface area contributed by atoms with E-state index in [1.165, 1.54) is 6.92 Å². The first-order chi connectivity index (χ1) is 8.45. The quantitative estimate of drug-likeness (QED) is 0.741. The van der Waals surface area contributed by atoms with Gasteiger partial charge in [-0.25, -0.2) is 0 Å². The summed E-state index contributed by atoms with van der Waals surface area (Å²) >= 11 is 7.46. The summed E-state index contributed by atoms with van der Waals surface area (Å²) in [6, 6.07) is 4.93. The van der Waals surface area contributed by atoms with Gasteiger partial charge in [0.1, 0.15) is 6.04 Å². The van der Waals surface area contributed by atoms with E-state index in [0.29, 0.717) is 5.69 Å². The number of halogens is 1. The average Bonchev–Trinajstić information content (AvgIpc) is 2.31. The number of amides is 2. The molecular formula is C12H15BrN2O2S. The van der Waals surface area contributed by atoms with Crippen LogP contribution in [0.5, 0.6) is 0 Å². The zero-order chi connectivity index (χ0) is 13.7. The molecule has 0 aliphatic carbocycles. The van der Waals surface area contributed by atoms with Crippen LogP contribution in [0.1, 0.15) is 12.5 Å². The molecule has 6 heteroatoms. The molecule has 0 aliphatic heterocycles. The van der Waals surface area contributed by atoms with Gasteiger partial charge in [0.25, 0.3) is 0 Å². The summed E-state index contributed by atoms with van der Waals surface area (Å²) in [6.07, 6.45) is 0. The smallest absolute Gasteiger partial charge is 0.247 e. The minimum Gasteiger partial charge on any atom is -0.344 e. The topological polar surface area (TPSA) is 58.2 Å². The molecule has 1 unspecified atom stereocenters. The average molecular weight is 331 g/mol. The fraction of sp³-hybridized carbons (Fsp3) is 0.333. The normalized spacial score (nSPS) is 11.8. The van der Waals surface area contributed by atoms with Crippen molar-refractivity contribution in [3.8, 4) is 0 Å². The number of rotatable bonds is 4. The molecule has 2 amide bonds. The SMILES string of the molecule is CC(=O)NC(CS)C(=O)Nc1cccc(C)c1Br. The van der Waals surface area contributed by atoms with Crippen molar-refractivity contribution in [2.24, 2.45) is 0 Å². The largest absolute Gasteiger partial charge is 0.344 e. The van der Waals surface area contributed by atoms with E-state index in [1.807, 2.05) is 19.1 Å². The summed E-state index contributed by atoms with van der Waals surface area (Å²) in [5.41, 5.74) is 1.70. The van der Waals surface area contributed by atoms with Crippen molar-refractivity contribution < 1.29 is 9.59 Å². The molecule has 98 valence electrons. The number of hydrogen-bond donors (Lipinski definition) is 3. The zero-order valence-electron chi connectivity index (χ0n) is 10.2. The second-order valence-electron chi connectivity index (χ2n) is 3.86. The number of aryl methyl sites for hydroxylation is 1. The molecule has 0 saturated heterocycles. The maximum atomic E-state index is 11.9. The lowest BCUT2D eigenvalue weighted by Crippen LogP contribution is -2.44. The molecule has 1 rings (SSSR count). The fourth-order valence-electron chi connectivity index (χ4n) is 1.40. The second-order valence-corrected chi connectivity index (χ2v) is 5.02. The van der Waals surface area contributed by atoms with Crippen molar-refractivity contribution in [2.45, 2.75) is 19.9 Å². The first-order valence-electron chi connectivity index (χ1n) is 5.39. The molecule has 0 aromatic heterocycles. The van der Waals surface area contributed by atoms with E-state index >= 15 is 0 Å². The van der Waals surface area contributed by atoms with Crippen LogP contribution in [-0.4, -0.2) is 23.6 Å². The summed E-state index contributed by atoms with van der Waals surface area (Å²) in [5.74, 6) is -0.298. The third kappa shape index (κ3) is 4.03. The van der Waals surface area contributed by atoms with Gasteiger partial charge in [-0.3, -0.25) is 9.59 Å². The predicted molar refractivity (Wildman–Crippen MR) is 79.0 cm³/mol. The van der Waals surface area contributed by atoms with Gasteiger partial charge in [0, 0.05) is 17.1 Å². The number of benzene rings is 1. The highest BCUT2D eigenvalue weighted by atomic mass is 79.9. The first-order valence-corrected chi connectivity index (χ1v) is 6.82. The van der Waals surface area contributed by atoms with Crippen molar-refractivity contribution in [1.82, 2.24) is 5.32 Å². The number of nitrogens with one attached hydrogen (secondary N) is 2. The van der Waals surface area contributed by atoms with E-state index in [0.717, 1.165) is 10.0 Å². The molecule has 1 aromatic carbocycles. The standard InChI is InChI=1S/C12H15BrN2O2S/c1-7-4-3-5-9(11(7)13)15-12(17)10(6-18)14-8(2)16/h3-5,10,18H,6H2,1-2H3,(H,14,16)(H,15,17). The molecule has 0 bridgehead atoms. The van der Waals surface area contributed by atoms with E-state index < -0.39 is 6.04 Å². The van der Waals surface area contributed by atoms with Crippen molar-refractivity contribution >= 4 is 46.1 Å². The lowest BCUT2D eigenvalue weighted by atomic mass is 10.2. The molecule has 18 heavy (non-hydrogen) atoms. The molecule has 1 aromatic rings. The van der Waals surface area contributed by atoms with Gasteiger partial charge in [-0.1, -0.05) is 12.1 Å². The Bertz CT molecular complexity index is 465. The Kier molecular flexibility index (Phi) is 5.68. The van der Waals surface area contributed by atoms with Crippen molar-refractivity contribution in [1.29, 1.82) is 0 Å². The van der Waals surface area contributed by atoms with Crippen LogP contribution in [0.2, 0.25) is 0 Å². The second kappa shape index (κ2) is 6.80. The summed E-state index contributed by atoms with van der Waals surface area (Å²) < 4.78 is 0.832. The first kappa shape index (κ1) is 15.0. The third-order valence-electron chi connectivity index (χ3n) is 2.33. The van der Waals surface area contributed by atoms with Gasteiger partial charge < -0.3 is 10.6 Å². The summed E-state index contributed by atoms with van der Waals surface area (Å²) in [4.78, 5) is 22.9. The molecule has 0 aliphatic rings. The van der Waals surface area contributed by atoms with Gasteiger partial charge in [0.05, 0.1) is 5.69 Å². The molecule has 2 N–H and O–H groups in total. The maximum absolute atomic E-state index is 11.9. The van der Waals surface area contributed by atoms with Crippen LogP contribution in [-0.2, 0) is 9.59 Å². The van der Waals surface area contributed by atoms with E-state index in [4.69, 9.17) is 0 Å². The Balaban J connectivity index is 2.80. The summed E-state index contributed by atoms with van der Waals surface area (Å²) in [6.45, 7) is 3.30. The molecule has 0 radical (unpaired) electrons. The van der Waals surface area contributed by atoms with Gasteiger partial charge >= 0.3 is 0 Å².